The molecule has 1 aromatic heterocycles. The molecule has 0 atom stereocenters. The van der Waals surface area contributed by atoms with Crippen molar-refractivity contribution in [3.8, 4) is 11.3 Å². The van der Waals surface area contributed by atoms with Gasteiger partial charge in [-0.15, -0.1) is 0 Å². The summed E-state index contributed by atoms with van der Waals surface area (Å²) in [5, 5.41) is 3.20. The smallest absolute Gasteiger partial charge is 0.0927 e. The van der Waals surface area contributed by atoms with Crippen LogP contribution in [0.4, 0.5) is 5.69 Å². The summed E-state index contributed by atoms with van der Waals surface area (Å²) in [6.45, 7) is 5.22. The zero-order valence-corrected chi connectivity index (χ0v) is 11.5. The van der Waals surface area contributed by atoms with Crippen LogP contribution in [0.3, 0.4) is 0 Å². The molecule has 0 aliphatic heterocycles. The van der Waals surface area contributed by atoms with E-state index in [4.69, 9.17) is 0 Å². The first kappa shape index (κ1) is 13.3. The SMILES string of the molecule is CCCCN/C=N\c1ccc(-c2c[nH]cn2)cc1C. The Hall–Kier alpha value is -2.10. The van der Waals surface area contributed by atoms with Crippen molar-refractivity contribution in [2.75, 3.05) is 6.54 Å². The monoisotopic (exact) mass is 256 g/mol. The second kappa shape index (κ2) is 6.73. The lowest BCUT2D eigenvalue weighted by Crippen LogP contribution is -2.11. The van der Waals surface area contributed by atoms with Gasteiger partial charge in [-0.05, 0) is 31.0 Å². The van der Waals surface area contributed by atoms with Gasteiger partial charge >= 0.3 is 0 Å². The van der Waals surface area contributed by atoms with Crippen molar-refractivity contribution in [2.24, 2.45) is 4.99 Å². The van der Waals surface area contributed by atoms with E-state index in [-0.39, 0.29) is 0 Å². The number of H-pyrrole nitrogens is 1. The largest absolute Gasteiger partial charge is 0.376 e. The summed E-state index contributed by atoms with van der Waals surface area (Å²) in [4.78, 5) is 11.6. The standard InChI is InChI=1S/C15H20N4/c1-3-4-7-16-10-18-14-6-5-13(8-12(14)2)15-9-17-11-19-15/h5-6,8-11H,3-4,7H2,1-2H3,(H,16,18)(H,17,19). The second-order valence-electron chi connectivity index (χ2n) is 4.52. The van der Waals surface area contributed by atoms with Crippen LogP contribution in [0.2, 0.25) is 0 Å². The van der Waals surface area contributed by atoms with Crippen LogP contribution in [0.5, 0.6) is 0 Å². The predicted molar refractivity (Wildman–Crippen MR) is 79.8 cm³/mol. The Bertz CT molecular complexity index is 529. The van der Waals surface area contributed by atoms with Gasteiger partial charge < -0.3 is 10.3 Å². The third-order valence-corrected chi connectivity index (χ3v) is 2.96. The maximum Gasteiger partial charge on any atom is 0.0927 e. The molecule has 0 unspecified atom stereocenters. The molecule has 100 valence electrons. The summed E-state index contributed by atoms with van der Waals surface area (Å²) in [7, 11) is 0. The quantitative estimate of drug-likeness (QED) is 0.472. The van der Waals surface area contributed by atoms with Gasteiger partial charge in [-0.25, -0.2) is 9.98 Å². The molecule has 0 saturated carbocycles. The molecule has 2 N–H and O–H groups in total. The number of nitrogens with one attached hydrogen (secondary N) is 2. The van der Waals surface area contributed by atoms with E-state index in [1.807, 2.05) is 18.3 Å². The number of hydrogen-bond acceptors (Lipinski definition) is 2. The van der Waals surface area contributed by atoms with Crippen molar-refractivity contribution in [2.45, 2.75) is 26.7 Å². The fourth-order valence-electron chi connectivity index (χ4n) is 1.84. The maximum atomic E-state index is 4.44. The van der Waals surface area contributed by atoms with Gasteiger partial charge in [0.1, 0.15) is 0 Å². The third-order valence-electron chi connectivity index (χ3n) is 2.96. The molecule has 0 radical (unpaired) electrons. The van der Waals surface area contributed by atoms with E-state index < -0.39 is 0 Å². The Morgan fingerprint density at radius 2 is 2.32 bits per heavy atom. The summed E-state index contributed by atoms with van der Waals surface area (Å²) < 4.78 is 0. The summed E-state index contributed by atoms with van der Waals surface area (Å²) >= 11 is 0. The van der Waals surface area contributed by atoms with Gasteiger partial charge in [0.2, 0.25) is 0 Å². The van der Waals surface area contributed by atoms with E-state index in [0.717, 1.165) is 29.1 Å². The van der Waals surface area contributed by atoms with Crippen molar-refractivity contribution in [3.05, 3.63) is 36.3 Å². The summed E-state index contributed by atoms with van der Waals surface area (Å²) in [5.74, 6) is 0. The number of imidazole rings is 1. The molecular weight excluding hydrogens is 236 g/mol. The van der Waals surface area contributed by atoms with E-state index in [1.54, 1.807) is 12.7 Å². The first-order valence-corrected chi connectivity index (χ1v) is 6.67. The molecule has 2 aromatic rings. The van der Waals surface area contributed by atoms with E-state index in [0.29, 0.717) is 0 Å². The minimum atomic E-state index is 0.958. The van der Waals surface area contributed by atoms with Crippen molar-refractivity contribution >= 4 is 12.0 Å². The average Bonchev–Trinajstić information content (AvgIpc) is 2.94. The van der Waals surface area contributed by atoms with E-state index >= 15 is 0 Å². The number of benzene rings is 1. The van der Waals surface area contributed by atoms with E-state index in [9.17, 15) is 0 Å². The number of nitrogens with zero attached hydrogens (tertiary/aromatic N) is 2. The molecule has 0 fully saturated rings. The molecule has 19 heavy (non-hydrogen) atoms. The minimum absolute atomic E-state index is 0.958. The number of unbranched alkanes of at least 4 members (excludes halogenated alkanes) is 1. The van der Waals surface area contributed by atoms with Gasteiger partial charge in [0.25, 0.3) is 0 Å². The number of aromatic amines is 1. The predicted octanol–water partition coefficient (Wildman–Crippen LogP) is 3.43. The topological polar surface area (TPSA) is 53.1 Å². The van der Waals surface area contributed by atoms with Crippen molar-refractivity contribution in [3.63, 3.8) is 0 Å². The highest BCUT2D eigenvalue weighted by molar-refractivity contribution is 5.67. The lowest BCUT2D eigenvalue weighted by Gasteiger charge is -2.03. The molecule has 4 nitrogen and oxygen atoms in total. The highest BCUT2D eigenvalue weighted by Gasteiger charge is 2.02. The fourth-order valence-corrected chi connectivity index (χ4v) is 1.84. The van der Waals surface area contributed by atoms with Gasteiger partial charge in [0.05, 0.1) is 24.0 Å². The number of aromatic nitrogens is 2. The van der Waals surface area contributed by atoms with Crippen LogP contribution in [0.15, 0.2) is 35.7 Å². The first-order valence-electron chi connectivity index (χ1n) is 6.67. The van der Waals surface area contributed by atoms with Gasteiger partial charge in [0.15, 0.2) is 0 Å². The van der Waals surface area contributed by atoms with Gasteiger partial charge in [-0.1, -0.05) is 19.4 Å². The Balaban J connectivity index is 2.03. The minimum Gasteiger partial charge on any atom is -0.376 e. The van der Waals surface area contributed by atoms with Crippen LogP contribution in [0, 0.1) is 6.92 Å². The Morgan fingerprint density at radius 3 is 3.00 bits per heavy atom. The van der Waals surface area contributed by atoms with Gasteiger partial charge in [-0.2, -0.15) is 0 Å². The Labute approximate surface area is 114 Å². The Morgan fingerprint density at radius 1 is 1.42 bits per heavy atom. The van der Waals surface area contributed by atoms with Crippen LogP contribution in [0.1, 0.15) is 25.3 Å². The number of aliphatic imine (C=N–C) groups is 1. The summed E-state index contributed by atoms with van der Waals surface area (Å²) in [6, 6.07) is 6.17. The molecule has 0 bridgehead atoms. The molecule has 0 aliphatic carbocycles. The van der Waals surface area contributed by atoms with Crippen LogP contribution in [-0.4, -0.2) is 22.9 Å². The normalized spacial score (nSPS) is 11.1. The highest BCUT2D eigenvalue weighted by atomic mass is 14.9. The summed E-state index contributed by atoms with van der Waals surface area (Å²) in [5.41, 5.74) is 4.20. The molecule has 0 aliphatic rings. The average molecular weight is 256 g/mol. The van der Waals surface area contributed by atoms with Gasteiger partial charge in [0, 0.05) is 18.3 Å². The van der Waals surface area contributed by atoms with Crippen molar-refractivity contribution in [1.29, 1.82) is 0 Å². The highest BCUT2D eigenvalue weighted by Crippen LogP contribution is 2.24. The first-order chi connectivity index (χ1) is 9.31. The lowest BCUT2D eigenvalue weighted by atomic mass is 10.1. The fraction of sp³-hybridized carbons (Fsp3) is 0.333. The van der Waals surface area contributed by atoms with Crippen molar-refractivity contribution in [1.82, 2.24) is 15.3 Å². The molecule has 0 amide bonds. The molecule has 4 heteroatoms. The second-order valence-corrected chi connectivity index (χ2v) is 4.52. The molecule has 0 saturated heterocycles. The van der Waals surface area contributed by atoms with Gasteiger partial charge in [-0.3, -0.25) is 0 Å². The zero-order valence-electron chi connectivity index (χ0n) is 11.5. The van der Waals surface area contributed by atoms with E-state index in [1.165, 1.54) is 12.8 Å². The van der Waals surface area contributed by atoms with Crippen LogP contribution in [0.25, 0.3) is 11.3 Å². The summed E-state index contributed by atoms with van der Waals surface area (Å²) in [6.07, 6.45) is 7.73. The van der Waals surface area contributed by atoms with Crippen molar-refractivity contribution < 1.29 is 0 Å². The number of rotatable bonds is 6. The molecule has 1 aromatic carbocycles. The lowest BCUT2D eigenvalue weighted by molar-refractivity contribution is 0.761. The maximum absolute atomic E-state index is 4.44. The van der Waals surface area contributed by atoms with E-state index in [2.05, 4.69) is 40.2 Å². The molecule has 0 spiro atoms. The van der Waals surface area contributed by atoms with Crippen LogP contribution in [-0.2, 0) is 0 Å². The zero-order chi connectivity index (χ0) is 13.5. The van der Waals surface area contributed by atoms with Crippen LogP contribution >= 0.6 is 0 Å². The molecular formula is C15H20N4. The Kier molecular flexibility index (Phi) is 4.72. The molecule has 2 rings (SSSR count). The van der Waals surface area contributed by atoms with Crippen LogP contribution < -0.4 is 5.32 Å². The molecule has 1 heterocycles. The number of aryl methyl sites for hydroxylation is 1. The third kappa shape index (κ3) is 3.68. The number of hydrogen-bond donors (Lipinski definition) is 2.